The van der Waals surface area contributed by atoms with E-state index in [1.807, 2.05) is 61.9 Å². The summed E-state index contributed by atoms with van der Waals surface area (Å²) in [6.45, 7) is 7.07. The Balaban J connectivity index is 1.66. The van der Waals surface area contributed by atoms with Crippen LogP contribution in [0.25, 0.3) is 0 Å². The molecule has 0 aliphatic carbocycles. The van der Waals surface area contributed by atoms with Crippen LogP contribution in [0.5, 0.6) is 5.75 Å². The number of amides is 1. The van der Waals surface area contributed by atoms with Crippen molar-refractivity contribution in [2.24, 2.45) is 0 Å². The Labute approximate surface area is 170 Å². The summed E-state index contributed by atoms with van der Waals surface area (Å²) in [5, 5.41) is 7.97. The van der Waals surface area contributed by atoms with E-state index in [-0.39, 0.29) is 11.9 Å². The Kier molecular flexibility index (Phi) is 6.37. The van der Waals surface area contributed by atoms with E-state index in [0.717, 1.165) is 29.1 Å². The number of halogens is 1. The molecule has 0 fully saturated rings. The number of aryl methyl sites for hydroxylation is 2. The summed E-state index contributed by atoms with van der Waals surface area (Å²) in [7, 11) is 0. The number of rotatable bonds is 7. The molecular weight excluding hydrogens is 374 g/mol. The Morgan fingerprint density at radius 3 is 2.82 bits per heavy atom. The number of carbonyl (C=O) groups excluding carboxylic acids is 1. The number of nitrogens with zero attached hydrogens (tertiary/aromatic N) is 2. The number of ether oxygens (including phenoxy) is 1. The summed E-state index contributed by atoms with van der Waals surface area (Å²) in [5.74, 6) is 0.654. The Hall–Kier alpha value is -2.79. The molecule has 0 spiro atoms. The van der Waals surface area contributed by atoms with Gasteiger partial charge in [0, 0.05) is 23.3 Å². The number of carbonyl (C=O) groups is 1. The van der Waals surface area contributed by atoms with E-state index in [1.165, 1.54) is 0 Å². The summed E-state index contributed by atoms with van der Waals surface area (Å²) in [4.78, 5) is 12.7. The maximum absolute atomic E-state index is 12.7. The lowest BCUT2D eigenvalue weighted by Crippen LogP contribution is -2.28. The van der Waals surface area contributed by atoms with Crippen LogP contribution in [0.2, 0.25) is 5.02 Å². The van der Waals surface area contributed by atoms with Crippen LogP contribution < -0.4 is 10.1 Å². The molecule has 146 valence electrons. The molecule has 1 heterocycles. The zero-order valence-corrected chi connectivity index (χ0v) is 17.0. The number of benzene rings is 2. The molecule has 1 unspecified atom stereocenters. The first-order valence-corrected chi connectivity index (χ1v) is 9.66. The first-order chi connectivity index (χ1) is 13.5. The van der Waals surface area contributed by atoms with Gasteiger partial charge < -0.3 is 10.1 Å². The molecule has 0 bridgehead atoms. The third-order valence-electron chi connectivity index (χ3n) is 4.56. The largest absolute Gasteiger partial charge is 0.489 e. The van der Waals surface area contributed by atoms with Crippen LogP contribution in [-0.4, -0.2) is 15.7 Å². The van der Waals surface area contributed by atoms with Gasteiger partial charge in [-0.3, -0.25) is 9.48 Å². The van der Waals surface area contributed by atoms with E-state index in [9.17, 15) is 4.79 Å². The molecule has 6 heteroatoms. The van der Waals surface area contributed by atoms with Gasteiger partial charge in [0.1, 0.15) is 12.4 Å². The summed E-state index contributed by atoms with van der Waals surface area (Å²) < 4.78 is 7.76. The molecule has 1 N–H and O–H groups in total. The Morgan fingerprint density at radius 1 is 1.25 bits per heavy atom. The molecule has 0 aliphatic rings. The van der Waals surface area contributed by atoms with Crippen molar-refractivity contribution >= 4 is 17.5 Å². The SMILES string of the molecule is CCn1nccc1C(C)NC(=O)c1cccc(COc2ccc(Cl)cc2C)c1. The zero-order chi connectivity index (χ0) is 20.1. The Morgan fingerprint density at radius 2 is 2.07 bits per heavy atom. The fraction of sp³-hybridized carbons (Fsp3) is 0.273. The lowest BCUT2D eigenvalue weighted by atomic mass is 10.1. The van der Waals surface area contributed by atoms with Crippen molar-refractivity contribution in [1.29, 1.82) is 0 Å². The number of aromatic nitrogens is 2. The zero-order valence-electron chi connectivity index (χ0n) is 16.3. The number of nitrogens with one attached hydrogen (secondary N) is 1. The monoisotopic (exact) mass is 397 g/mol. The highest BCUT2D eigenvalue weighted by Gasteiger charge is 2.15. The van der Waals surface area contributed by atoms with Gasteiger partial charge in [-0.05, 0) is 68.3 Å². The van der Waals surface area contributed by atoms with Crippen LogP contribution >= 0.6 is 11.6 Å². The molecular formula is C22H24ClN3O2. The van der Waals surface area contributed by atoms with Gasteiger partial charge in [0.05, 0.1) is 11.7 Å². The second-order valence-corrected chi connectivity index (χ2v) is 7.10. The maximum Gasteiger partial charge on any atom is 0.251 e. The van der Waals surface area contributed by atoms with E-state index in [4.69, 9.17) is 16.3 Å². The van der Waals surface area contributed by atoms with Gasteiger partial charge >= 0.3 is 0 Å². The van der Waals surface area contributed by atoms with Crippen LogP contribution in [0.4, 0.5) is 0 Å². The minimum Gasteiger partial charge on any atom is -0.489 e. The van der Waals surface area contributed by atoms with Gasteiger partial charge in [-0.15, -0.1) is 0 Å². The number of hydrogen-bond acceptors (Lipinski definition) is 3. The summed E-state index contributed by atoms with van der Waals surface area (Å²) in [6, 6.07) is 14.8. The van der Waals surface area contributed by atoms with Crippen LogP contribution in [0.3, 0.4) is 0 Å². The van der Waals surface area contributed by atoms with Crippen LogP contribution in [0, 0.1) is 6.92 Å². The first-order valence-electron chi connectivity index (χ1n) is 9.28. The lowest BCUT2D eigenvalue weighted by molar-refractivity contribution is 0.0938. The molecule has 1 amide bonds. The lowest BCUT2D eigenvalue weighted by Gasteiger charge is -2.16. The van der Waals surface area contributed by atoms with Crippen LogP contribution in [-0.2, 0) is 13.2 Å². The van der Waals surface area contributed by atoms with Crippen molar-refractivity contribution in [3.05, 3.63) is 82.1 Å². The van der Waals surface area contributed by atoms with Crippen LogP contribution in [0.15, 0.2) is 54.7 Å². The van der Waals surface area contributed by atoms with E-state index < -0.39 is 0 Å². The fourth-order valence-corrected chi connectivity index (χ4v) is 3.29. The normalized spacial score (nSPS) is 11.9. The second kappa shape index (κ2) is 8.93. The van der Waals surface area contributed by atoms with Crippen molar-refractivity contribution in [2.75, 3.05) is 0 Å². The Bertz CT molecular complexity index is 968. The summed E-state index contributed by atoms with van der Waals surface area (Å²) in [6.07, 6.45) is 1.75. The molecule has 3 rings (SSSR count). The third-order valence-corrected chi connectivity index (χ3v) is 4.80. The molecule has 1 atom stereocenters. The van der Waals surface area contributed by atoms with Gasteiger partial charge in [0.25, 0.3) is 5.91 Å². The molecule has 5 nitrogen and oxygen atoms in total. The molecule has 0 saturated heterocycles. The van der Waals surface area contributed by atoms with Gasteiger partial charge in [0.2, 0.25) is 0 Å². The maximum atomic E-state index is 12.7. The van der Waals surface area contributed by atoms with E-state index in [0.29, 0.717) is 17.2 Å². The topological polar surface area (TPSA) is 56.2 Å². The molecule has 1 aromatic heterocycles. The number of hydrogen-bond donors (Lipinski definition) is 1. The molecule has 3 aromatic rings. The average molecular weight is 398 g/mol. The van der Waals surface area contributed by atoms with Crippen molar-refractivity contribution in [3.63, 3.8) is 0 Å². The summed E-state index contributed by atoms with van der Waals surface area (Å²) in [5.41, 5.74) is 3.48. The highest BCUT2D eigenvalue weighted by atomic mass is 35.5. The van der Waals surface area contributed by atoms with Crippen molar-refractivity contribution in [1.82, 2.24) is 15.1 Å². The summed E-state index contributed by atoms with van der Waals surface area (Å²) >= 11 is 5.98. The quantitative estimate of drug-likeness (QED) is 0.614. The van der Waals surface area contributed by atoms with E-state index >= 15 is 0 Å². The van der Waals surface area contributed by atoms with E-state index in [2.05, 4.69) is 10.4 Å². The fourth-order valence-electron chi connectivity index (χ4n) is 3.07. The third kappa shape index (κ3) is 4.73. The van der Waals surface area contributed by atoms with Gasteiger partial charge in [-0.2, -0.15) is 5.10 Å². The molecule has 0 saturated carbocycles. The van der Waals surface area contributed by atoms with Crippen molar-refractivity contribution in [2.45, 2.75) is 40.0 Å². The average Bonchev–Trinajstić information content (AvgIpc) is 3.16. The molecule has 0 radical (unpaired) electrons. The van der Waals surface area contributed by atoms with E-state index in [1.54, 1.807) is 18.3 Å². The van der Waals surface area contributed by atoms with Gasteiger partial charge in [0.15, 0.2) is 0 Å². The highest BCUT2D eigenvalue weighted by molar-refractivity contribution is 6.30. The predicted molar refractivity (Wildman–Crippen MR) is 111 cm³/mol. The van der Waals surface area contributed by atoms with Gasteiger partial charge in [-0.25, -0.2) is 0 Å². The minimum absolute atomic E-state index is 0.124. The molecule has 2 aromatic carbocycles. The van der Waals surface area contributed by atoms with Crippen molar-refractivity contribution in [3.8, 4) is 5.75 Å². The predicted octanol–water partition coefficient (Wildman–Crippen LogP) is 4.93. The second-order valence-electron chi connectivity index (χ2n) is 6.67. The first kappa shape index (κ1) is 20.0. The standard InChI is InChI=1S/C22H24ClN3O2/c1-4-26-20(10-11-24-26)16(3)25-22(27)18-7-5-6-17(13-18)14-28-21-9-8-19(23)12-15(21)2/h5-13,16H,4,14H2,1-3H3,(H,25,27). The minimum atomic E-state index is -0.133. The van der Waals surface area contributed by atoms with Gasteiger partial charge in [-0.1, -0.05) is 23.7 Å². The molecule has 0 aliphatic heterocycles. The highest BCUT2D eigenvalue weighted by Crippen LogP contribution is 2.23. The van der Waals surface area contributed by atoms with Crippen LogP contribution in [0.1, 0.15) is 47.1 Å². The smallest absolute Gasteiger partial charge is 0.251 e. The van der Waals surface area contributed by atoms with Crippen molar-refractivity contribution < 1.29 is 9.53 Å². The molecule has 28 heavy (non-hydrogen) atoms.